The number of carbonyl (C=O) groups is 1. The highest BCUT2D eigenvalue weighted by atomic mass is 16.5. The van der Waals surface area contributed by atoms with Gasteiger partial charge in [0.2, 0.25) is 0 Å². The van der Waals surface area contributed by atoms with Gasteiger partial charge in [0.15, 0.2) is 0 Å². The number of nitrogens with zero attached hydrogens (tertiary/aromatic N) is 1. The summed E-state index contributed by atoms with van der Waals surface area (Å²) in [5.74, 6) is -1.05. The van der Waals surface area contributed by atoms with Gasteiger partial charge in [-0.1, -0.05) is 12.1 Å². The Kier molecular flexibility index (Phi) is 2.80. The van der Waals surface area contributed by atoms with Crippen LogP contribution in [0.25, 0.3) is 10.9 Å². The van der Waals surface area contributed by atoms with Gasteiger partial charge in [-0.05, 0) is 12.1 Å². The number of aromatic nitrogens is 1. The predicted octanol–water partition coefficient (Wildman–Crippen LogP) is 1.03. The molecule has 0 bridgehead atoms. The number of hydrogen-bond donors (Lipinski definition) is 4. The summed E-state index contributed by atoms with van der Waals surface area (Å²) in [6.45, 7) is -0.132. The summed E-state index contributed by atoms with van der Waals surface area (Å²) in [6.07, 6.45) is 1.65. The molecule has 0 saturated heterocycles. The Balaban J connectivity index is 2.56. The lowest BCUT2D eigenvalue weighted by Crippen LogP contribution is -2.18. The average molecular weight is 233 g/mol. The molecule has 88 valence electrons. The van der Waals surface area contributed by atoms with E-state index in [0.29, 0.717) is 11.1 Å². The molecule has 0 fully saturated rings. The van der Waals surface area contributed by atoms with Gasteiger partial charge in [0, 0.05) is 22.7 Å². The maximum absolute atomic E-state index is 10.7. The van der Waals surface area contributed by atoms with E-state index in [9.17, 15) is 4.79 Å². The SMILES string of the molecule is N=C(NO)c1cccc2c1ccn2CC(=O)O. The van der Waals surface area contributed by atoms with E-state index >= 15 is 0 Å². The molecule has 0 radical (unpaired) electrons. The first-order valence-corrected chi connectivity index (χ1v) is 4.92. The minimum atomic E-state index is -0.928. The number of hydrogen-bond acceptors (Lipinski definition) is 3. The van der Waals surface area contributed by atoms with Crippen molar-refractivity contribution in [2.45, 2.75) is 6.54 Å². The second-order valence-electron chi connectivity index (χ2n) is 3.56. The van der Waals surface area contributed by atoms with E-state index in [1.807, 2.05) is 0 Å². The molecule has 0 saturated carbocycles. The van der Waals surface area contributed by atoms with Crippen LogP contribution in [0.2, 0.25) is 0 Å². The Morgan fingerprint density at radius 1 is 1.41 bits per heavy atom. The van der Waals surface area contributed by atoms with Crippen molar-refractivity contribution in [2.75, 3.05) is 0 Å². The molecule has 0 unspecified atom stereocenters. The second kappa shape index (κ2) is 4.26. The van der Waals surface area contributed by atoms with Gasteiger partial charge in [0.25, 0.3) is 0 Å². The smallest absolute Gasteiger partial charge is 0.323 e. The molecule has 0 aliphatic rings. The van der Waals surface area contributed by atoms with E-state index in [-0.39, 0.29) is 12.4 Å². The Labute approximate surface area is 96.6 Å². The van der Waals surface area contributed by atoms with Gasteiger partial charge in [-0.3, -0.25) is 20.9 Å². The highest BCUT2D eigenvalue weighted by Gasteiger charge is 2.10. The summed E-state index contributed by atoms with van der Waals surface area (Å²) in [6, 6.07) is 6.88. The van der Waals surface area contributed by atoms with E-state index < -0.39 is 5.97 Å². The van der Waals surface area contributed by atoms with Crippen LogP contribution < -0.4 is 5.48 Å². The van der Waals surface area contributed by atoms with E-state index in [2.05, 4.69) is 0 Å². The van der Waals surface area contributed by atoms with Crippen molar-refractivity contribution in [3.05, 3.63) is 36.0 Å². The van der Waals surface area contributed by atoms with Crippen LogP contribution in [-0.2, 0) is 11.3 Å². The van der Waals surface area contributed by atoms with E-state index in [0.717, 1.165) is 5.39 Å². The highest BCUT2D eigenvalue weighted by Crippen LogP contribution is 2.20. The third-order valence-electron chi connectivity index (χ3n) is 2.50. The normalized spacial score (nSPS) is 10.4. The Morgan fingerprint density at radius 2 is 2.18 bits per heavy atom. The van der Waals surface area contributed by atoms with Gasteiger partial charge in [0.1, 0.15) is 12.4 Å². The molecule has 1 aromatic heterocycles. The fourth-order valence-electron chi connectivity index (χ4n) is 1.79. The van der Waals surface area contributed by atoms with Crippen LogP contribution in [0.5, 0.6) is 0 Å². The summed E-state index contributed by atoms with van der Waals surface area (Å²) < 4.78 is 1.58. The quantitative estimate of drug-likeness (QED) is 0.361. The van der Waals surface area contributed by atoms with Crippen molar-refractivity contribution < 1.29 is 15.1 Å². The fourth-order valence-corrected chi connectivity index (χ4v) is 1.79. The highest BCUT2D eigenvalue weighted by molar-refractivity contribution is 6.07. The Morgan fingerprint density at radius 3 is 2.82 bits per heavy atom. The van der Waals surface area contributed by atoms with Gasteiger partial charge in [-0.2, -0.15) is 0 Å². The maximum Gasteiger partial charge on any atom is 0.323 e. The monoisotopic (exact) mass is 233 g/mol. The standard InChI is InChI=1S/C11H11N3O3/c12-11(13-17)8-2-1-3-9-7(8)4-5-14(9)6-10(15)16/h1-5,17H,6H2,(H2,12,13)(H,15,16). The van der Waals surface area contributed by atoms with Crippen LogP contribution in [0.3, 0.4) is 0 Å². The van der Waals surface area contributed by atoms with Crippen LogP contribution >= 0.6 is 0 Å². The van der Waals surface area contributed by atoms with Crippen LogP contribution in [-0.4, -0.2) is 26.7 Å². The van der Waals surface area contributed by atoms with Crippen molar-refractivity contribution in [3.63, 3.8) is 0 Å². The van der Waals surface area contributed by atoms with Crippen LogP contribution in [0.1, 0.15) is 5.56 Å². The van der Waals surface area contributed by atoms with Crippen molar-refractivity contribution in [2.24, 2.45) is 0 Å². The molecule has 17 heavy (non-hydrogen) atoms. The average Bonchev–Trinajstić information content (AvgIpc) is 2.71. The summed E-state index contributed by atoms with van der Waals surface area (Å²) in [5.41, 5.74) is 3.02. The van der Waals surface area contributed by atoms with Crippen LogP contribution in [0.4, 0.5) is 0 Å². The second-order valence-corrected chi connectivity index (χ2v) is 3.56. The molecule has 1 heterocycles. The van der Waals surface area contributed by atoms with Crippen LogP contribution in [0.15, 0.2) is 30.5 Å². The first-order valence-electron chi connectivity index (χ1n) is 4.92. The number of carboxylic acid groups (broad SMARTS) is 1. The van der Waals surface area contributed by atoms with Gasteiger partial charge >= 0.3 is 5.97 Å². The van der Waals surface area contributed by atoms with Crippen molar-refractivity contribution >= 4 is 22.7 Å². The van der Waals surface area contributed by atoms with Gasteiger partial charge < -0.3 is 9.67 Å². The van der Waals surface area contributed by atoms with E-state index in [1.165, 1.54) is 0 Å². The largest absolute Gasteiger partial charge is 0.480 e. The molecule has 1 aromatic carbocycles. The third kappa shape index (κ3) is 1.98. The van der Waals surface area contributed by atoms with E-state index in [1.54, 1.807) is 40.5 Å². The van der Waals surface area contributed by atoms with Crippen molar-refractivity contribution in [1.29, 1.82) is 5.41 Å². The Hall–Kier alpha value is -2.34. The zero-order valence-electron chi connectivity index (χ0n) is 8.84. The number of rotatable bonds is 3. The number of fused-ring (bicyclic) bond motifs is 1. The predicted molar refractivity (Wildman–Crippen MR) is 61.3 cm³/mol. The molecular weight excluding hydrogens is 222 g/mol. The minimum Gasteiger partial charge on any atom is -0.480 e. The Bertz CT molecular complexity index is 589. The van der Waals surface area contributed by atoms with Crippen LogP contribution in [0, 0.1) is 5.41 Å². The first kappa shape index (κ1) is 11.2. The van der Waals surface area contributed by atoms with Gasteiger partial charge in [-0.25, -0.2) is 0 Å². The fraction of sp³-hybridized carbons (Fsp3) is 0.0909. The topological polar surface area (TPSA) is 98.3 Å². The maximum atomic E-state index is 10.7. The first-order chi connectivity index (χ1) is 8.13. The number of hydroxylamine groups is 1. The molecule has 0 atom stereocenters. The van der Waals surface area contributed by atoms with E-state index in [4.69, 9.17) is 15.7 Å². The zero-order chi connectivity index (χ0) is 12.4. The molecule has 0 aliphatic heterocycles. The molecule has 6 nitrogen and oxygen atoms in total. The number of benzene rings is 1. The molecule has 0 aliphatic carbocycles. The summed E-state index contributed by atoms with van der Waals surface area (Å²) in [5, 5.41) is 25.7. The number of amidine groups is 1. The third-order valence-corrected chi connectivity index (χ3v) is 2.50. The lowest BCUT2D eigenvalue weighted by Gasteiger charge is -2.05. The van der Waals surface area contributed by atoms with Gasteiger partial charge in [0.05, 0.1) is 0 Å². The molecule has 2 aromatic rings. The number of carboxylic acids is 1. The molecule has 2 rings (SSSR count). The molecule has 4 N–H and O–H groups in total. The summed E-state index contributed by atoms with van der Waals surface area (Å²) in [7, 11) is 0. The van der Waals surface area contributed by atoms with Crippen molar-refractivity contribution in [1.82, 2.24) is 10.0 Å². The molecule has 0 spiro atoms. The lowest BCUT2D eigenvalue weighted by atomic mass is 10.1. The summed E-state index contributed by atoms with van der Waals surface area (Å²) >= 11 is 0. The molecule has 0 amide bonds. The lowest BCUT2D eigenvalue weighted by molar-refractivity contribution is -0.137. The van der Waals surface area contributed by atoms with Gasteiger partial charge in [-0.15, -0.1) is 0 Å². The zero-order valence-corrected chi connectivity index (χ0v) is 8.84. The van der Waals surface area contributed by atoms with Crippen molar-refractivity contribution in [3.8, 4) is 0 Å². The molecular formula is C11H11N3O3. The minimum absolute atomic E-state index is 0.122. The number of nitrogens with one attached hydrogen (secondary N) is 2. The number of aliphatic carboxylic acids is 1. The molecule has 6 heteroatoms. The summed E-state index contributed by atoms with van der Waals surface area (Å²) in [4.78, 5) is 10.7.